The molecule has 1 rings (SSSR count). The second-order valence-electron chi connectivity index (χ2n) is 4.44. The number of likely N-dealkylation sites (N-methyl/N-ethyl adjacent to an activating group) is 1. The molecule has 0 fully saturated rings. The van der Waals surface area contributed by atoms with Gasteiger partial charge in [0.2, 0.25) is 0 Å². The van der Waals surface area contributed by atoms with Crippen molar-refractivity contribution in [1.29, 1.82) is 0 Å². The molecule has 1 N–H and O–H groups in total. The van der Waals surface area contributed by atoms with Crippen LogP contribution < -0.4 is 14.8 Å². The fourth-order valence-corrected chi connectivity index (χ4v) is 2.32. The number of hydrogen-bond donors (Lipinski definition) is 1. The molecule has 4 heteroatoms. The highest BCUT2D eigenvalue weighted by Crippen LogP contribution is 2.32. The molecule has 0 saturated heterocycles. The molecule has 1 aromatic rings. The molecule has 0 spiro atoms. The van der Waals surface area contributed by atoms with Crippen molar-refractivity contribution < 1.29 is 14.2 Å². The third kappa shape index (κ3) is 3.85. The van der Waals surface area contributed by atoms with Crippen LogP contribution in [0.15, 0.2) is 18.2 Å². The SMILES string of the molecule is CCCC(OC)C(NC)c1ccc(OC)c(OC)c1. The fraction of sp³-hybridized carbons (Fsp3) is 0.600. The molecule has 2 atom stereocenters. The molecular formula is C15H25NO3. The van der Waals surface area contributed by atoms with Gasteiger partial charge in [0.1, 0.15) is 0 Å². The standard InChI is InChI=1S/C15H25NO3/c1-6-7-13(18-4)15(16-2)11-8-9-12(17-3)14(10-11)19-5/h8-10,13,15-16H,6-7H2,1-5H3. The Morgan fingerprint density at radius 3 is 2.26 bits per heavy atom. The molecule has 2 unspecified atom stereocenters. The topological polar surface area (TPSA) is 39.7 Å². The first-order chi connectivity index (χ1) is 9.21. The Balaban J connectivity index is 3.03. The van der Waals surface area contributed by atoms with Crippen molar-refractivity contribution in [3.8, 4) is 11.5 Å². The number of methoxy groups -OCH3 is 3. The van der Waals surface area contributed by atoms with Crippen molar-refractivity contribution in [1.82, 2.24) is 5.32 Å². The molecule has 0 aliphatic rings. The van der Waals surface area contributed by atoms with Crippen LogP contribution in [0.2, 0.25) is 0 Å². The van der Waals surface area contributed by atoms with Gasteiger partial charge < -0.3 is 19.5 Å². The normalized spacial score (nSPS) is 13.9. The fourth-order valence-electron chi connectivity index (χ4n) is 2.32. The molecule has 19 heavy (non-hydrogen) atoms. The summed E-state index contributed by atoms with van der Waals surface area (Å²) in [7, 11) is 6.99. The highest BCUT2D eigenvalue weighted by Gasteiger charge is 2.22. The minimum Gasteiger partial charge on any atom is -0.493 e. The lowest BCUT2D eigenvalue weighted by Gasteiger charge is -2.26. The smallest absolute Gasteiger partial charge is 0.161 e. The van der Waals surface area contributed by atoms with Crippen molar-refractivity contribution in [2.24, 2.45) is 0 Å². The van der Waals surface area contributed by atoms with Gasteiger partial charge in [-0.05, 0) is 31.2 Å². The van der Waals surface area contributed by atoms with Gasteiger partial charge in [-0.15, -0.1) is 0 Å². The van der Waals surface area contributed by atoms with Crippen LogP contribution in [0.25, 0.3) is 0 Å². The molecule has 0 amide bonds. The van der Waals surface area contributed by atoms with Gasteiger partial charge in [-0.1, -0.05) is 19.4 Å². The Labute approximate surface area is 116 Å². The van der Waals surface area contributed by atoms with Gasteiger partial charge in [0.05, 0.1) is 26.4 Å². The number of rotatable bonds is 8. The van der Waals surface area contributed by atoms with Gasteiger partial charge in [0.25, 0.3) is 0 Å². The summed E-state index contributed by atoms with van der Waals surface area (Å²) in [4.78, 5) is 0. The largest absolute Gasteiger partial charge is 0.493 e. The molecule has 0 aliphatic carbocycles. The van der Waals surface area contributed by atoms with Gasteiger partial charge in [0, 0.05) is 7.11 Å². The van der Waals surface area contributed by atoms with Crippen molar-refractivity contribution in [3.05, 3.63) is 23.8 Å². The summed E-state index contributed by atoms with van der Waals surface area (Å²) in [6, 6.07) is 6.12. The van der Waals surface area contributed by atoms with Crippen LogP contribution in [0.5, 0.6) is 11.5 Å². The minimum absolute atomic E-state index is 0.143. The van der Waals surface area contributed by atoms with E-state index in [-0.39, 0.29) is 12.1 Å². The summed E-state index contributed by atoms with van der Waals surface area (Å²) >= 11 is 0. The first-order valence-corrected chi connectivity index (χ1v) is 6.63. The van der Waals surface area contributed by atoms with E-state index >= 15 is 0 Å². The second-order valence-corrected chi connectivity index (χ2v) is 4.44. The molecule has 0 aromatic heterocycles. The number of hydrogen-bond acceptors (Lipinski definition) is 4. The second kappa shape index (κ2) is 8.02. The van der Waals surface area contributed by atoms with E-state index < -0.39 is 0 Å². The van der Waals surface area contributed by atoms with E-state index in [1.54, 1.807) is 21.3 Å². The Morgan fingerprint density at radius 1 is 1.11 bits per heavy atom. The Kier molecular flexibility index (Phi) is 6.67. The average Bonchev–Trinajstić information content (AvgIpc) is 2.46. The van der Waals surface area contributed by atoms with Gasteiger partial charge >= 0.3 is 0 Å². The van der Waals surface area contributed by atoms with Gasteiger partial charge in [-0.2, -0.15) is 0 Å². The maximum absolute atomic E-state index is 5.59. The zero-order chi connectivity index (χ0) is 14.3. The molecule has 0 bridgehead atoms. The van der Waals surface area contributed by atoms with Gasteiger partial charge in [-0.25, -0.2) is 0 Å². The molecule has 0 heterocycles. The summed E-state index contributed by atoms with van der Waals surface area (Å²) in [5, 5.41) is 3.32. The van der Waals surface area contributed by atoms with Crippen LogP contribution in [0.4, 0.5) is 0 Å². The number of ether oxygens (including phenoxy) is 3. The van der Waals surface area contributed by atoms with Crippen molar-refractivity contribution in [2.45, 2.75) is 31.9 Å². The van der Waals surface area contributed by atoms with E-state index in [1.165, 1.54) is 0 Å². The predicted octanol–water partition coefficient (Wildman–Crippen LogP) is 2.78. The number of benzene rings is 1. The van der Waals surface area contributed by atoms with Crippen molar-refractivity contribution in [3.63, 3.8) is 0 Å². The van der Waals surface area contributed by atoms with Crippen LogP contribution in [-0.2, 0) is 4.74 Å². The molecule has 4 nitrogen and oxygen atoms in total. The van der Waals surface area contributed by atoms with Crippen LogP contribution in [-0.4, -0.2) is 34.5 Å². The average molecular weight is 267 g/mol. The molecular weight excluding hydrogens is 242 g/mol. The van der Waals surface area contributed by atoms with Crippen LogP contribution in [0, 0.1) is 0 Å². The van der Waals surface area contributed by atoms with Crippen LogP contribution >= 0.6 is 0 Å². The highest BCUT2D eigenvalue weighted by atomic mass is 16.5. The van der Waals surface area contributed by atoms with E-state index in [9.17, 15) is 0 Å². The zero-order valence-electron chi connectivity index (χ0n) is 12.5. The van der Waals surface area contributed by atoms with E-state index in [0.717, 1.165) is 29.9 Å². The Bertz CT molecular complexity index is 382. The van der Waals surface area contributed by atoms with Crippen LogP contribution in [0.1, 0.15) is 31.4 Å². The van der Waals surface area contributed by atoms with Crippen molar-refractivity contribution >= 4 is 0 Å². The lowest BCUT2D eigenvalue weighted by Crippen LogP contribution is -2.31. The highest BCUT2D eigenvalue weighted by molar-refractivity contribution is 5.44. The van der Waals surface area contributed by atoms with Gasteiger partial charge in [0.15, 0.2) is 11.5 Å². The number of nitrogens with one attached hydrogen (secondary N) is 1. The molecule has 0 saturated carbocycles. The minimum atomic E-state index is 0.143. The van der Waals surface area contributed by atoms with Gasteiger partial charge in [-0.3, -0.25) is 0 Å². The van der Waals surface area contributed by atoms with E-state index in [2.05, 4.69) is 12.2 Å². The Morgan fingerprint density at radius 2 is 1.79 bits per heavy atom. The quantitative estimate of drug-likeness (QED) is 0.786. The lowest BCUT2D eigenvalue weighted by atomic mass is 9.98. The molecule has 0 aliphatic heterocycles. The van der Waals surface area contributed by atoms with E-state index in [4.69, 9.17) is 14.2 Å². The van der Waals surface area contributed by atoms with Crippen LogP contribution in [0.3, 0.4) is 0 Å². The van der Waals surface area contributed by atoms with E-state index in [0.29, 0.717) is 0 Å². The first kappa shape index (κ1) is 15.8. The third-order valence-electron chi connectivity index (χ3n) is 3.33. The van der Waals surface area contributed by atoms with E-state index in [1.807, 2.05) is 25.2 Å². The lowest BCUT2D eigenvalue weighted by molar-refractivity contribution is 0.0629. The summed E-state index contributed by atoms with van der Waals surface area (Å²) in [6.45, 7) is 2.16. The molecule has 0 radical (unpaired) electrons. The maximum Gasteiger partial charge on any atom is 0.161 e. The monoisotopic (exact) mass is 267 g/mol. The Hall–Kier alpha value is -1.26. The summed E-state index contributed by atoms with van der Waals surface area (Å²) in [5.74, 6) is 1.48. The first-order valence-electron chi connectivity index (χ1n) is 6.63. The zero-order valence-corrected chi connectivity index (χ0v) is 12.5. The summed E-state index contributed by atoms with van der Waals surface area (Å²) < 4.78 is 16.2. The summed E-state index contributed by atoms with van der Waals surface area (Å²) in [6.07, 6.45) is 2.24. The summed E-state index contributed by atoms with van der Waals surface area (Å²) in [5.41, 5.74) is 1.14. The predicted molar refractivity (Wildman–Crippen MR) is 77.1 cm³/mol. The van der Waals surface area contributed by atoms with Crippen molar-refractivity contribution in [2.75, 3.05) is 28.4 Å². The maximum atomic E-state index is 5.59. The molecule has 1 aromatic carbocycles. The third-order valence-corrected chi connectivity index (χ3v) is 3.33. The molecule has 108 valence electrons.